The van der Waals surface area contributed by atoms with E-state index in [0.29, 0.717) is 5.71 Å². The fourth-order valence-corrected chi connectivity index (χ4v) is 7.20. The van der Waals surface area contributed by atoms with Crippen molar-refractivity contribution in [1.82, 2.24) is 14.5 Å². The second-order valence-corrected chi connectivity index (χ2v) is 13.2. The molecule has 0 aliphatic carbocycles. The standard InChI is InChI=1S/C33H31Cl3F2N6O3/c1-7-21(45)43-16(5)12-42(13-17(43)6)30-18-10-20(34)28(22-25(37)26(38)23(35)24(36)31(22)46)41-32(18)44(33(47)19(30)11-39)29-15(4)8-9-40-27(29)14(2)3/h7-10,14-17,29,46H,1,12-13H2,2-6H3/t15-,16-,17+,29?/m1/s1. The van der Waals surface area contributed by atoms with Crippen LogP contribution in [0.3, 0.4) is 0 Å². The molecule has 246 valence electrons. The lowest BCUT2D eigenvalue weighted by atomic mass is 9.88. The number of allylic oxidation sites excluding steroid dienone is 1. The largest absolute Gasteiger partial charge is 0.506 e. The number of fused-ring (bicyclic) bond motifs is 1. The van der Waals surface area contributed by atoms with Crippen molar-refractivity contribution in [2.45, 2.75) is 52.7 Å². The van der Waals surface area contributed by atoms with E-state index in [-0.39, 0.29) is 70.2 Å². The summed E-state index contributed by atoms with van der Waals surface area (Å²) in [5.74, 6) is -4.64. The molecule has 0 saturated carbocycles. The van der Waals surface area contributed by atoms with Crippen molar-refractivity contribution in [2.24, 2.45) is 16.8 Å². The summed E-state index contributed by atoms with van der Waals surface area (Å²) >= 11 is 18.6. The van der Waals surface area contributed by atoms with Crippen LogP contribution in [0.2, 0.25) is 15.1 Å². The number of hydrogen-bond donors (Lipinski definition) is 1. The molecule has 3 aromatic rings. The van der Waals surface area contributed by atoms with Crippen LogP contribution in [0, 0.1) is 34.8 Å². The van der Waals surface area contributed by atoms with Gasteiger partial charge >= 0.3 is 0 Å². The number of nitrogens with zero attached hydrogens (tertiary/aromatic N) is 6. The van der Waals surface area contributed by atoms with Gasteiger partial charge in [0.05, 0.1) is 28.0 Å². The fourth-order valence-electron chi connectivity index (χ4n) is 6.61. The van der Waals surface area contributed by atoms with Crippen molar-refractivity contribution in [1.29, 1.82) is 5.26 Å². The summed E-state index contributed by atoms with van der Waals surface area (Å²) in [6, 6.07) is 2.08. The number of carbonyl (C=O) groups is 1. The lowest BCUT2D eigenvalue weighted by Gasteiger charge is -2.45. The zero-order valence-electron chi connectivity index (χ0n) is 26.2. The third kappa shape index (κ3) is 5.56. The predicted octanol–water partition coefficient (Wildman–Crippen LogP) is 7.29. The van der Waals surface area contributed by atoms with E-state index in [1.807, 2.05) is 45.6 Å². The SMILES string of the molecule is C=CC(=O)N1[C@H](C)CN(c2c(C#N)c(=O)n(C3C(C(C)C)=NC=C[C@H]3C)c3nc(-c4c(O)c(Cl)c(Cl)c(F)c4F)c(Cl)cc23)C[C@@H]1C. The van der Waals surface area contributed by atoms with Crippen molar-refractivity contribution >= 4 is 63.1 Å². The number of amides is 1. The number of benzene rings is 1. The Balaban J connectivity index is 1.91. The van der Waals surface area contributed by atoms with Crippen molar-refractivity contribution in [3.8, 4) is 23.1 Å². The van der Waals surface area contributed by atoms with E-state index in [0.717, 1.165) is 0 Å². The van der Waals surface area contributed by atoms with Gasteiger partial charge in [0.15, 0.2) is 11.6 Å². The summed E-state index contributed by atoms with van der Waals surface area (Å²) in [4.78, 5) is 39.9. The van der Waals surface area contributed by atoms with Crippen LogP contribution in [0.15, 0.2) is 40.8 Å². The number of carbonyl (C=O) groups excluding carboxylic acids is 1. The normalized spacial score (nSPS) is 21.3. The lowest BCUT2D eigenvalue weighted by Crippen LogP contribution is -2.58. The molecule has 0 radical (unpaired) electrons. The van der Waals surface area contributed by atoms with Gasteiger partial charge in [0, 0.05) is 48.4 Å². The van der Waals surface area contributed by atoms with Crippen molar-refractivity contribution in [2.75, 3.05) is 18.0 Å². The molecule has 1 unspecified atom stereocenters. The lowest BCUT2D eigenvalue weighted by molar-refractivity contribution is -0.130. The Labute approximate surface area is 285 Å². The molecule has 4 heterocycles. The van der Waals surface area contributed by atoms with Crippen LogP contribution in [0.5, 0.6) is 5.75 Å². The summed E-state index contributed by atoms with van der Waals surface area (Å²) in [6.07, 6.45) is 4.70. The molecule has 1 N–H and O–H groups in total. The highest BCUT2D eigenvalue weighted by molar-refractivity contribution is 6.43. The molecule has 5 rings (SSSR count). The Morgan fingerprint density at radius 2 is 1.79 bits per heavy atom. The van der Waals surface area contributed by atoms with Gasteiger partial charge in [0.25, 0.3) is 5.56 Å². The topological polar surface area (TPSA) is 115 Å². The molecule has 1 aromatic carbocycles. The maximum Gasteiger partial charge on any atom is 0.272 e. The first-order valence-electron chi connectivity index (χ1n) is 14.8. The summed E-state index contributed by atoms with van der Waals surface area (Å²) in [7, 11) is 0. The smallest absolute Gasteiger partial charge is 0.272 e. The van der Waals surface area contributed by atoms with Crippen LogP contribution in [0.4, 0.5) is 14.5 Å². The van der Waals surface area contributed by atoms with Gasteiger partial charge in [0.1, 0.15) is 33.1 Å². The molecule has 9 nitrogen and oxygen atoms in total. The number of rotatable bonds is 5. The fraction of sp³-hybridized carbons (Fsp3) is 0.364. The molecule has 2 aliphatic heterocycles. The van der Waals surface area contributed by atoms with Gasteiger partial charge in [0.2, 0.25) is 5.91 Å². The Kier molecular flexibility index (Phi) is 9.43. The van der Waals surface area contributed by atoms with Crippen LogP contribution < -0.4 is 10.5 Å². The molecule has 4 atom stereocenters. The highest BCUT2D eigenvalue weighted by Crippen LogP contribution is 2.46. The average molecular weight is 704 g/mol. The third-order valence-electron chi connectivity index (χ3n) is 8.65. The van der Waals surface area contributed by atoms with Gasteiger partial charge in [-0.1, -0.05) is 68.2 Å². The summed E-state index contributed by atoms with van der Waals surface area (Å²) in [5.41, 5.74) is -1.19. The monoisotopic (exact) mass is 702 g/mol. The Morgan fingerprint density at radius 3 is 2.36 bits per heavy atom. The predicted molar refractivity (Wildman–Crippen MR) is 181 cm³/mol. The average Bonchev–Trinajstić information content (AvgIpc) is 3.02. The molecule has 1 fully saturated rings. The van der Waals surface area contributed by atoms with Crippen molar-refractivity contribution < 1.29 is 18.7 Å². The van der Waals surface area contributed by atoms with Gasteiger partial charge in [-0.25, -0.2) is 13.8 Å². The minimum atomic E-state index is -1.54. The first-order valence-corrected chi connectivity index (χ1v) is 16.0. The molecular weight excluding hydrogens is 673 g/mol. The Hall–Kier alpha value is -3.98. The van der Waals surface area contributed by atoms with Crippen LogP contribution in [-0.2, 0) is 4.79 Å². The van der Waals surface area contributed by atoms with Crippen LogP contribution in [0.25, 0.3) is 22.3 Å². The number of aromatic nitrogens is 2. The van der Waals surface area contributed by atoms with Gasteiger partial charge in [-0.15, -0.1) is 0 Å². The second kappa shape index (κ2) is 12.9. The van der Waals surface area contributed by atoms with E-state index in [2.05, 4.69) is 22.6 Å². The first-order chi connectivity index (χ1) is 22.2. The number of anilines is 1. The molecular formula is C33H31Cl3F2N6O3. The molecule has 2 aliphatic rings. The molecule has 1 amide bonds. The van der Waals surface area contributed by atoms with Gasteiger partial charge in [-0.3, -0.25) is 19.1 Å². The molecule has 0 bridgehead atoms. The molecule has 2 aromatic heterocycles. The van der Waals surface area contributed by atoms with Crippen LogP contribution in [-0.4, -0.2) is 56.3 Å². The van der Waals surface area contributed by atoms with E-state index in [1.165, 1.54) is 16.7 Å². The number of aromatic hydroxyl groups is 1. The summed E-state index contributed by atoms with van der Waals surface area (Å²) < 4.78 is 31.7. The zero-order valence-corrected chi connectivity index (χ0v) is 28.4. The Bertz CT molecular complexity index is 1960. The minimum Gasteiger partial charge on any atom is -0.506 e. The quantitative estimate of drug-likeness (QED) is 0.170. The highest BCUT2D eigenvalue weighted by Gasteiger charge is 2.38. The van der Waals surface area contributed by atoms with Gasteiger partial charge in [-0.2, -0.15) is 5.26 Å². The maximum atomic E-state index is 15.5. The van der Waals surface area contributed by atoms with Crippen LogP contribution in [0.1, 0.15) is 46.2 Å². The first kappa shape index (κ1) is 34.4. The molecule has 1 saturated heterocycles. The number of piperazine rings is 1. The molecule has 14 heteroatoms. The van der Waals surface area contributed by atoms with E-state index in [9.17, 15) is 24.3 Å². The summed E-state index contributed by atoms with van der Waals surface area (Å²) in [6.45, 7) is 13.5. The summed E-state index contributed by atoms with van der Waals surface area (Å²) in [5, 5.41) is 19.9. The minimum absolute atomic E-state index is 0.0147. The number of aliphatic imine (C=N–C) groups is 1. The number of pyridine rings is 2. The number of nitriles is 1. The van der Waals surface area contributed by atoms with Crippen molar-refractivity contribution in [3.05, 3.63) is 73.6 Å². The molecule has 47 heavy (non-hydrogen) atoms. The van der Waals surface area contributed by atoms with E-state index >= 15 is 4.39 Å². The maximum absolute atomic E-state index is 15.5. The Morgan fingerprint density at radius 1 is 1.15 bits per heavy atom. The zero-order chi connectivity index (χ0) is 34.6. The number of phenolic OH excluding ortho intramolecular Hbond substituents is 1. The second-order valence-electron chi connectivity index (χ2n) is 12.1. The third-order valence-corrected chi connectivity index (χ3v) is 9.76. The number of halogens is 5. The van der Waals surface area contributed by atoms with Crippen molar-refractivity contribution in [3.63, 3.8) is 0 Å². The number of phenols is 1. The van der Waals surface area contributed by atoms with Crippen LogP contribution >= 0.6 is 34.8 Å². The van der Waals surface area contributed by atoms with Gasteiger partial charge < -0.3 is 14.9 Å². The highest BCUT2D eigenvalue weighted by atomic mass is 35.5. The van der Waals surface area contributed by atoms with E-state index < -0.39 is 50.3 Å². The van der Waals surface area contributed by atoms with E-state index in [4.69, 9.17) is 34.8 Å². The molecule has 0 spiro atoms. The van der Waals surface area contributed by atoms with Gasteiger partial charge in [-0.05, 0) is 31.9 Å². The number of hydrogen-bond acceptors (Lipinski definition) is 7. The van der Waals surface area contributed by atoms with E-state index in [1.54, 1.807) is 11.1 Å².